The Morgan fingerprint density at radius 3 is 2.11 bits per heavy atom. The number of ether oxygens (including phenoxy) is 2. The minimum Gasteiger partial charge on any atom is -0.459 e. The van der Waals surface area contributed by atoms with Crippen molar-refractivity contribution in [1.29, 1.82) is 0 Å². The molecule has 0 aliphatic rings. The quantitative estimate of drug-likeness (QED) is 0.483. The van der Waals surface area contributed by atoms with Gasteiger partial charge < -0.3 is 14.0 Å². The minimum absolute atomic E-state index is 0.00189. The number of esters is 2. The molecule has 0 amide bonds. The third-order valence-electron chi connectivity index (χ3n) is 4.63. The summed E-state index contributed by atoms with van der Waals surface area (Å²) in [4.78, 5) is 31.1. The van der Waals surface area contributed by atoms with E-state index in [4.69, 9.17) is 14.6 Å². The molecule has 10 nitrogen and oxygen atoms in total. The van der Waals surface area contributed by atoms with Gasteiger partial charge >= 0.3 is 11.9 Å². The SMILES string of the molecule is CC(C)(C)OC(=O)CN(CCc1ccc(S(N)(=O)=O)cc1)Cc1nccn1CC(=O)OC(C)(C)C. The topological polar surface area (TPSA) is 134 Å². The molecule has 0 saturated heterocycles. The standard InChI is InChI=1S/C24H36N4O6S/c1-23(2,3)33-21(29)16-27(13-11-18-7-9-19(10-8-18)35(25,31)32)15-20-26-12-14-28(20)17-22(30)34-24(4,5)6/h7-10,12,14H,11,13,15-17H2,1-6H3,(H2,25,31,32). The van der Waals surface area contributed by atoms with Crippen LogP contribution in [0.25, 0.3) is 0 Å². The average molecular weight is 509 g/mol. The van der Waals surface area contributed by atoms with E-state index in [0.29, 0.717) is 25.3 Å². The molecule has 2 N–H and O–H groups in total. The van der Waals surface area contributed by atoms with Crippen LogP contribution in [0.4, 0.5) is 0 Å². The first-order valence-corrected chi connectivity index (χ1v) is 12.8. The third kappa shape index (κ3) is 10.6. The highest BCUT2D eigenvalue weighted by Crippen LogP contribution is 2.13. The number of carbonyl (C=O) groups is 2. The van der Waals surface area contributed by atoms with Crippen molar-refractivity contribution in [2.45, 2.75) is 77.2 Å². The van der Waals surface area contributed by atoms with Gasteiger partial charge in [0.1, 0.15) is 23.6 Å². The van der Waals surface area contributed by atoms with E-state index < -0.39 is 21.2 Å². The average Bonchev–Trinajstić information content (AvgIpc) is 3.09. The third-order valence-corrected chi connectivity index (χ3v) is 5.56. The highest BCUT2D eigenvalue weighted by Gasteiger charge is 2.22. The van der Waals surface area contributed by atoms with Crippen molar-refractivity contribution in [2.75, 3.05) is 13.1 Å². The number of aromatic nitrogens is 2. The Kier molecular flexibility index (Phi) is 9.21. The number of benzene rings is 1. The van der Waals surface area contributed by atoms with Crippen molar-refractivity contribution in [3.63, 3.8) is 0 Å². The van der Waals surface area contributed by atoms with Crippen LogP contribution < -0.4 is 5.14 Å². The maximum atomic E-state index is 12.5. The molecule has 0 aliphatic carbocycles. The summed E-state index contributed by atoms with van der Waals surface area (Å²) in [5.41, 5.74) is -0.343. The second-order valence-electron chi connectivity index (χ2n) is 10.3. The number of hydrogen-bond acceptors (Lipinski definition) is 8. The van der Waals surface area contributed by atoms with Crippen LogP contribution in [0.1, 0.15) is 52.9 Å². The second-order valence-corrected chi connectivity index (χ2v) is 11.9. The van der Waals surface area contributed by atoms with Gasteiger partial charge in [-0.1, -0.05) is 12.1 Å². The van der Waals surface area contributed by atoms with Crippen molar-refractivity contribution in [1.82, 2.24) is 14.5 Å². The Morgan fingerprint density at radius 2 is 1.57 bits per heavy atom. The van der Waals surface area contributed by atoms with Crippen molar-refractivity contribution >= 4 is 22.0 Å². The molecule has 1 aromatic heterocycles. The first-order chi connectivity index (χ1) is 16.0. The maximum absolute atomic E-state index is 12.5. The smallest absolute Gasteiger partial charge is 0.326 e. The zero-order valence-corrected chi connectivity index (χ0v) is 22.1. The lowest BCUT2D eigenvalue weighted by atomic mass is 10.1. The molecule has 0 atom stereocenters. The van der Waals surface area contributed by atoms with Gasteiger partial charge in [-0.05, 0) is 65.7 Å². The van der Waals surface area contributed by atoms with E-state index in [9.17, 15) is 18.0 Å². The molecular formula is C24H36N4O6S. The zero-order chi connectivity index (χ0) is 26.4. The molecule has 1 heterocycles. The van der Waals surface area contributed by atoms with Crippen molar-refractivity contribution < 1.29 is 27.5 Å². The van der Waals surface area contributed by atoms with E-state index in [-0.39, 0.29) is 29.9 Å². The van der Waals surface area contributed by atoms with Crippen LogP contribution in [-0.4, -0.2) is 59.1 Å². The molecule has 11 heteroatoms. The van der Waals surface area contributed by atoms with E-state index >= 15 is 0 Å². The van der Waals surface area contributed by atoms with Gasteiger partial charge in [0, 0.05) is 18.9 Å². The Balaban J connectivity index is 2.14. The van der Waals surface area contributed by atoms with Gasteiger partial charge in [-0.15, -0.1) is 0 Å². The molecule has 0 unspecified atom stereocenters. The molecule has 1 aromatic carbocycles. The van der Waals surface area contributed by atoms with Gasteiger partial charge in [0.25, 0.3) is 0 Å². The number of rotatable bonds is 10. The number of nitrogens with two attached hydrogens (primary N) is 1. The number of hydrogen-bond donors (Lipinski definition) is 1. The van der Waals surface area contributed by atoms with Crippen LogP contribution in [0.5, 0.6) is 0 Å². The van der Waals surface area contributed by atoms with E-state index in [1.54, 1.807) is 70.6 Å². The molecule has 35 heavy (non-hydrogen) atoms. The van der Waals surface area contributed by atoms with Gasteiger partial charge in [0.2, 0.25) is 10.0 Å². The summed E-state index contributed by atoms with van der Waals surface area (Å²) in [6.07, 6.45) is 3.83. The van der Waals surface area contributed by atoms with Gasteiger partial charge in [-0.2, -0.15) is 0 Å². The lowest BCUT2D eigenvalue weighted by Gasteiger charge is -2.25. The number of primary sulfonamides is 1. The lowest BCUT2D eigenvalue weighted by molar-refractivity contribution is -0.157. The van der Waals surface area contributed by atoms with Crippen LogP contribution in [-0.2, 0) is 48.6 Å². The fraction of sp³-hybridized carbons (Fsp3) is 0.542. The van der Waals surface area contributed by atoms with E-state index in [1.165, 1.54) is 12.1 Å². The summed E-state index contributed by atoms with van der Waals surface area (Å²) < 4.78 is 35.5. The fourth-order valence-corrected chi connectivity index (χ4v) is 3.77. The van der Waals surface area contributed by atoms with Crippen molar-refractivity contribution in [3.05, 3.63) is 48.0 Å². The van der Waals surface area contributed by atoms with Gasteiger partial charge in [-0.3, -0.25) is 14.5 Å². The van der Waals surface area contributed by atoms with Crippen LogP contribution in [0.15, 0.2) is 41.6 Å². The number of carbonyl (C=O) groups excluding carboxylic acids is 2. The van der Waals surface area contributed by atoms with Crippen LogP contribution >= 0.6 is 0 Å². The highest BCUT2D eigenvalue weighted by atomic mass is 32.2. The number of imidazole rings is 1. The summed E-state index contributed by atoms with van der Waals surface area (Å²) >= 11 is 0. The molecule has 0 spiro atoms. The van der Waals surface area contributed by atoms with E-state index in [0.717, 1.165) is 5.56 Å². The molecule has 0 saturated carbocycles. The molecule has 194 valence electrons. The normalized spacial score (nSPS) is 12.6. The number of sulfonamides is 1. The largest absolute Gasteiger partial charge is 0.459 e. The van der Waals surface area contributed by atoms with Crippen LogP contribution in [0, 0.1) is 0 Å². The summed E-state index contributed by atoms with van der Waals surface area (Å²) in [5.74, 6) is -0.165. The van der Waals surface area contributed by atoms with Crippen LogP contribution in [0.3, 0.4) is 0 Å². The van der Waals surface area contributed by atoms with Crippen molar-refractivity contribution in [3.8, 4) is 0 Å². The lowest BCUT2D eigenvalue weighted by Crippen LogP contribution is -2.36. The molecule has 0 fully saturated rings. The van der Waals surface area contributed by atoms with Crippen LogP contribution in [0.2, 0.25) is 0 Å². The molecule has 0 aliphatic heterocycles. The molecule has 2 aromatic rings. The Hall–Kier alpha value is -2.76. The first-order valence-electron chi connectivity index (χ1n) is 11.3. The Morgan fingerprint density at radius 1 is 1.00 bits per heavy atom. The first kappa shape index (κ1) is 28.5. The predicted octanol–water partition coefficient (Wildman–Crippen LogP) is 2.26. The maximum Gasteiger partial charge on any atom is 0.326 e. The minimum atomic E-state index is -3.77. The summed E-state index contributed by atoms with van der Waals surface area (Å²) in [6, 6.07) is 6.29. The monoisotopic (exact) mass is 508 g/mol. The predicted molar refractivity (Wildman–Crippen MR) is 131 cm³/mol. The molecule has 0 bridgehead atoms. The Labute approximate surface area is 207 Å². The zero-order valence-electron chi connectivity index (χ0n) is 21.3. The summed E-state index contributed by atoms with van der Waals surface area (Å²) in [6.45, 7) is 11.6. The summed E-state index contributed by atoms with van der Waals surface area (Å²) in [5, 5.41) is 5.16. The van der Waals surface area contributed by atoms with E-state index in [2.05, 4.69) is 4.98 Å². The second kappa shape index (κ2) is 11.3. The fourth-order valence-electron chi connectivity index (χ4n) is 3.25. The molecule has 2 rings (SSSR count). The molecular weight excluding hydrogens is 472 g/mol. The van der Waals surface area contributed by atoms with Gasteiger partial charge in [0.05, 0.1) is 18.0 Å². The van der Waals surface area contributed by atoms with Gasteiger partial charge in [0.15, 0.2) is 0 Å². The number of nitrogens with zero attached hydrogens (tertiary/aromatic N) is 3. The van der Waals surface area contributed by atoms with Crippen molar-refractivity contribution in [2.24, 2.45) is 5.14 Å². The van der Waals surface area contributed by atoms with Gasteiger partial charge in [-0.25, -0.2) is 18.5 Å². The summed E-state index contributed by atoms with van der Waals surface area (Å²) in [7, 11) is -3.77. The highest BCUT2D eigenvalue weighted by molar-refractivity contribution is 7.89. The molecule has 0 radical (unpaired) electrons. The Bertz CT molecular complexity index is 1110. The van der Waals surface area contributed by atoms with E-state index in [1.807, 2.05) is 4.90 Å².